The Bertz CT molecular complexity index is 996. The number of amides is 1. The first-order valence-corrected chi connectivity index (χ1v) is 10.9. The van der Waals surface area contributed by atoms with Crippen molar-refractivity contribution in [2.24, 2.45) is 0 Å². The van der Waals surface area contributed by atoms with E-state index >= 15 is 0 Å². The number of aryl methyl sites for hydroxylation is 1. The lowest BCUT2D eigenvalue weighted by Crippen LogP contribution is -2.39. The zero-order valence-corrected chi connectivity index (χ0v) is 17.9. The third kappa shape index (κ3) is 5.58. The summed E-state index contributed by atoms with van der Waals surface area (Å²) < 4.78 is 13.1. The maximum absolute atomic E-state index is 13.1. The number of carbonyl (C=O) groups is 1. The number of halogens is 1. The molecular formula is C25H29FN4O. The van der Waals surface area contributed by atoms with Gasteiger partial charge in [0.15, 0.2) is 0 Å². The van der Waals surface area contributed by atoms with Crippen molar-refractivity contribution in [2.45, 2.75) is 31.1 Å². The van der Waals surface area contributed by atoms with Crippen LogP contribution in [0.5, 0.6) is 0 Å². The first-order valence-electron chi connectivity index (χ1n) is 10.9. The number of hydrogen-bond donors (Lipinski definition) is 2. The molecule has 31 heavy (non-hydrogen) atoms. The lowest BCUT2D eigenvalue weighted by molar-refractivity contribution is -0.122. The molecule has 1 saturated carbocycles. The first kappa shape index (κ1) is 21.2. The predicted molar refractivity (Wildman–Crippen MR) is 120 cm³/mol. The molecule has 0 atom stereocenters. The van der Waals surface area contributed by atoms with Gasteiger partial charge in [0.2, 0.25) is 5.91 Å². The molecule has 1 fully saturated rings. The minimum atomic E-state index is -0.251. The SMILES string of the molecule is CN(CCCc1cc(-c2ccc(F)cc2)n[nH]1)CC(=O)NCC1(c2ccccc2)CC1. The van der Waals surface area contributed by atoms with Crippen molar-refractivity contribution in [1.82, 2.24) is 20.4 Å². The standard InChI is InChI=1S/C25H29FN4O/c1-30(17-24(31)27-18-25(13-14-25)20-6-3-2-4-7-20)15-5-8-22-16-23(29-28-22)19-9-11-21(26)12-10-19/h2-4,6-7,9-12,16H,5,8,13-15,17-18H2,1H3,(H,27,31)(H,28,29). The highest BCUT2D eigenvalue weighted by atomic mass is 19.1. The second kappa shape index (κ2) is 9.43. The van der Waals surface area contributed by atoms with Crippen molar-refractivity contribution < 1.29 is 9.18 Å². The molecule has 1 heterocycles. The van der Waals surface area contributed by atoms with Crippen LogP contribution in [0.4, 0.5) is 4.39 Å². The molecule has 0 unspecified atom stereocenters. The number of H-pyrrole nitrogens is 1. The van der Waals surface area contributed by atoms with Gasteiger partial charge in [0.1, 0.15) is 5.82 Å². The van der Waals surface area contributed by atoms with Gasteiger partial charge in [0.25, 0.3) is 0 Å². The Morgan fingerprint density at radius 3 is 2.61 bits per heavy atom. The number of aromatic amines is 1. The largest absolute Gasteiger partial charge is 0.354 e. The second-order valence-electron chi connectivity index (χ2n) is 8.55. The number of hydrogen-bond acceptors (Lipinski definition) is 3. The highest BCUT2D eigenvalue weighted by molar-refractivity contribution is 5.78. The van der Waals surface area contributed by atoms with Gasteiger partial charge in [-0.25, -0.2) is 4.39 Å². The molecule has 2 N–H and O–H groups in total. The van der Waals surface area contributed by atoms with E-state index in [0.717, 1.165) is 49.2 Å². The van der Waals surface area contributed by atoms with E-state index < -0.39 is 0 Å². The molecule has 1 aromatic heterocycles. The highest BCUT2D eigenvalue weighted by Gasteiger charge is 2.44. The molecule has 1 amide bonds. The molecule has 6 heteroatoms. The summed E-state index contributed by atoms with van der Waals surface area (Å²) in [5.74, 6) is -0.177. The number of nitrogens with zero attached hydrogens (tertiary/aromatic N) is 2. The average molecular weight is 421 g/mol. The Morgan fingerprint density at radius 2 is 1.90 bits per heavy atom. The average Bonchev–Trinajstić information content (AvgIpc) is 3.43. The molecule has 162 valence electrons. The van der Waals surface area contributed by atoms with E-state index in [-0.39, 0.29) is 17.1 Å². The predicted octanol–water partition coefficient (Wildman–Crippen LogP) is 3.93. The molecule has 1 aliphatic rings. The fraction of sp³-hybridized carbons (Fsp3) is 0.360. The number of aromatic nitrogens is 2. The molecule has 5 nitrogen and oxygen atoms in total. The van der Waals surface area contributed by atoms with Gasteiger partial charge in [-0.1, -0.05) is 30.3 Å². The van der Waals surface area contributed by atoms with Gasteiger partial charge >= 0.3 is 0 Å². The van der Waals surface area contributed by atoms with Crippen molar-refractivity contribution >= 4 is 5.91 Å². The monoisotopic (exact) mass is 420 g/mol. The molecule has 3 aromatic rings. The number of benzene rings is 2. The van der Waals surface area contributed by atoms with Gasteiger partial charge in [-0.2, -0.15) is 5.10 Å². The molecule has 4 rings (SSSR count). The van der Waals surface area contributed by atoms with E-state index in [1.807, 2.05) is 19.2 Å². The first-order chi connectivity index (χ1) is 15.0. The molecule has 0 aliphatic heterocycles. The van der Waals surface area contributed by atoms with Crippen molar-refractivity contribution in [3.63, 3.8) is 0 Å². The van der Waals surface area contributed by atoms with Gasteiger partial charge < -0.3 is 5.32 Å². The third-order valence-corrected chi connectivity index (χ3v) is 6.03. The Morgan fingerprint density at radius 1 is 1.16 bits per heavy atom. The maximum Gasteiger partial charge on any atom is 0.234 e. The number of carbonyl (C=O) groups excluding carboxylic acids is 1. The summed E-state index contributed by atoms with van der Waals surface area (Å²) in [6, 6.07) is 18.8. The summed E-state index contributed by atoms with van der Waals surface area (Å²) in [4.78, 5) is 14.4. The molecule has 1 aliphatic carbocycles. The van der Waals surface area contributed by atoms with Crippen LogP contribution in [0, 0.1) is 5.82 Å². The summed E-state index contributed by atoms with van der Waals surface area (Å²) in [7, 11) is 1.97. The van der Waals surface area contributed by atoms with Gasteiger partial charge in [0, 0.05) is 23.2 Å². The fourth-order valence-corrected chi connectivity index (χ4v) is 3.96. The summed E-state index contributed by atoms with van der Waals surface area (Å²) in [6.07, 6.45) is 4.04. The van der Waals surface area contributed by atoms with Gasteiger partial charge in [-0.15, -0.1) is 0 Å². The minimum Gasteiger partial charge on any atom is -0.354 e. The van der Waals surface area contributed by atoms with Crippen LogP contribution in [0.15, 0.2) is 60.7 Å². The number of nitrogens with one attached hydrogen (secondary N) is 2. The lowest BCUT2D eigenvalue weighted by atomic mass is 9.96. The summed E-state index contributed by atoms with van der Waals surface area (Å²) >= 11 is 0. The molecule has 0 radical (unpaired) electrons. The summed E-state index contributed by atoms with van der Waals surface area (Å²) in [5, 5.41) is 10.5. The van der Waals surface area contributed by atoms with E-state index in [4.69, 9.17) is 0 Å². The van der Waals surface area contributed by atoms with Crippen LogP contribution in [0.1, 0.15) is 30.5 Å². The van der Waals surface area contributed by atoms with Crippen LogP contribution in [0.3, 0.4) is 0 Å². The zero-order valence-electron chi connectivity index (χ0n) is 17.9. The van der Waals surface area contributed by atoms with Crippen LogP contribution in [-0.4, -0.2) is 47.7 Å². The summed E-state index contributed by atoms with van der Waals surface area (Å²) in [5.41, 5.74) is 4.20. The van der Waals surface area contributed by atoms with Crippen LogP contribution in [-0.2, 0) is 16.6 Å². The fourth-order valence-electron chi connectivity index (χ4n) is 3.96. The second-order valence-corrected chi connectivity index (χ2v) is 8.55. The van der Waals surface area contributed by atoms with Gasteiger partial charge in [-0.3, -0.25) is 14.8 Å². The van der Waals surface area contributed by atoms with Crippen molar-refractivity contribution in [3.05, 3.63) is 77.7 Å². The smallest absolute Gasteiger partial charge is 0.234 e. The van der Waals surface area contributed by atoms with Crippen molar-refractivity contribution in [2.75, 3.05) is 26.7 Å². The Kier molecular flexibility index (Phi) is 6.47. The lowest BCUT2D eigenvalue weighted by Gasteiger charge is -2.19. The maximum atomic E-state index is 13.1. The van der Waals surface area contributed by atoms with E-state index in [1.54, 1.807) is 12.1 Å². The Balaban J connectivity index is 1.17. The summed E-state index contributed by atoms with van der Waals surface area (Å²) in [6.45, 7) is 1.93. The van der Waals surface area contributed by atoms with E-state index in [0.29, 0.717) is 13.1 Å². The van der Waals surface area contributed by atoms with Crippen molar-refractivity contribution in [3.8, 4) is 11.3 Å². The third-order valence-electron chi connectivity index (χ3n) is 6.03. The zero-order chi connectivity index (χ0) is 21.7. The minimum absolute atomic E-state index is 0.0739. The normalized spacial score (nSPS) is 14.5. The molecule has 0 bridgehead atoms. The van der Waals surface area contributed by atoms with Crippen LogP contribution < -0.4 is 5.32 Å². The van der Waals surface area contributed by atoms with Crippen LogP contribution >= 0.6 is 0 Å². The molecule has 0 spiro atoms. The Hall–Kier alpha value is -2.99. The number of rotatable bonds is 10. The van der Waals surface area contributed by atoms with Gasteiger partial charge in [0.05, 0.1) is 12.2 Å². The molecule has 0 saturated heterocycles. The van der Waals surface area contributed by atoms with Crippen LogP contribution in [0.25, 0.3) is 11.3 Å². The van der Waals surface area contributed by atoms with E-state index in [9.17, 15) is 9.18 Å². The topological polar surface area (TPSA) is 61.0 Å². The van der Waals surface area contributed by atoms with Crippen LogP contribution in [0.2, 0.25) is 0 Å². The van der Waals surface area contributed by atoms with E-state index in [1.165, 1.54) is 17.7 Å². The quantitative estimate of drug-likeness (QED) is 0.523. The molecule has 2 aromatic carbocycles. The Labute approximate surface area is 182 Å². The van der Waals surface area contributed by atoms with Crippen molar-refractivity contribution in [1.29, 1.82) is 0 Å². The number of likely N-dealkylation sites (N-methyl/N-ethyl adjacent to an activating group) is 1. The van der Waals surface area contributed by atoms with E-state index in [2.05, 4.69) is 44.7 Å². The highest BCUT2D eigenvalue weighted by Crippen LogP contribution is 2.47. The van der Waals surface area contributed by atoms with Gasteiger partial charge in [-0.05, 0) is 75.2 Å². The molecular weight excluding hydrogens is 391 g/mol.